The van der Waals surface area contributed by atoms with Gasteiger partial charge in [-0.1, -0.05) is 17.3 Å². The fraction of sp³-hybridized carbons (Fsp3) is 0.300. The molecule has 68 valence electrons. The van der Waals surface area contributed by atoms with Crippen LogP contribution in [0.3, 0.4) is 0 Å². The maximum absolute atomic E-state index is 5.69. The van der Waals surface area contributed by atoms with Gasteiger partial charge in [0.25, 0.3) is 0 Å². The Morgan fingerprint density at radius 1 is 1.46 bits per heavy atom. The van der Waals surface area contributed by atoms with E-state index >= 15 is 0 Å². The summed E-state index contributed by atoms with van der Waals surface area (Å²) in [5, 5.41) is 5.01. The Morgan fingerprint density at radius 2 is 2.23 bits per heavy atom. The zero-order chi connectivity index (χ0) is 9.26. The maximum atomic E-state index is 5.69. The second-order valence-corrected chi connectivity index (χ2v) is 3.30. The van der Waals surface area contributed by atoms with Crippen LogP contribution >= 0.6 is 0 Å². The van der Waals surface area contributed by atoms with Crippen LogP contribution in [0.15, 0.2) is 28.8 Å². The number of fused-ring (bicyclic) bond motifs is 1. The predicted octanol–water partition coefficient (Wildman–Crippen LogP) is 1.72. The van der Waals surface area contributed by atoms with E-state index < -0.39 is 0 Å². The number of nitrogens with zero attached hydrogens (tertiary/aromatic N) is 1. The number of rotatable bonds is 2. The molecule has 3 heteroatoms. The first-order valence-corrected chi connectivity index (χ1v) is 4.36. The van der Waals surface area contributed by atoms with Crippen LogP contribution in [-0.4, -0.2) is 11.2 Å². The highest BCUT2D eigenvalue weighted by molar-refractivity contribution is 5.80. The summed E-state index contributed by atoms with van der Waals surface area (Å²) in [6.45, 7) is 1.96. The molecule has 0 aliphatic carbocycles. The van der Waals surface area contributed by atoms with Crippen molar-refractivity contribution in [2.75, 3.05) is 0 Å². The zero-order valence-corrected chi connectivity index (χ0v) is 7.53. The van der Waals surface area contributed by atoms with Gasteiger partial charge in [0.1, 0.15) is 11.3 Å². The van der Waals surface area contributed by atoms with E-state index in [4.69, 9.17) is 10.3 Å². The minimum atomic E-state index is 0.108. The van der Waals surface area contributed by atoms with Crippen LogP contribution in [0.25, 0.3) is 10.9 Å². The number of hydrogen-bond donors (Lipinski definition) is 1. The maximum Gasteiger partial charge on any atom is 0.146 e. The smallest absolute Gasteiger partial charge is 0.146 e. The van der Waals surface area contributed by atoms with Gasteiger partial charge in [0, 0.05) is 17.8 Å². The highest BCUT2D eigenvalue weighted by Crippen LogP contribution is 2.18. The summed E-state index contributed by atoms with van der Waals surface area (Å²) in [5.74, 6) is 0.880. The monoisotopic (exact) mass is 176 g/mol. The normalized spacial score (nSPS) is 13.4. The van der Waals surface area contributed by atoms with E-state index in [-0.39, 0.29) is 6.04 Å². The molecule has 2 N–H and O–H groups in total. The van der Waals surface area contributed by atoms with Gasteiger partial charge < -0.3 is 10.3 Å². The van der Waals surface area contributed by atoms with Crippen LogP contribution in [0.5, 0.6) is 0 Å². The Bertz CT molecular complexity index is 406. The van der Waals surface area contributed by atoms with Crippen molar-refractivity contribution < 1.29 is 4.52 Å². The quantitative estimate of drug-likeness (QED) is 0.757. The largest absolute Gasteiger partial charge is 0.360 e. The highest BCUT2D eigenvalue weighted by Gasteiger charge is 2.08. The summed E-state index contributed by atoms with van der Waals surface area (Å²) < 4.78 is 5.20. The molecule has 1 aromatic carbocycles. The van der Waals surface area contributed by atoms with Gasteiger partial charge >= 0.3 is 0 Å². The lowest BCUT2D eigenvalue weighted by Crippen LogP contribution is -2.17. The minimum Gasteiger partial charge on any atom is -0.360 e. The fourth-order valence-corrected chi connectivity index (χ4v) is 1.38. The summed E-state index contributed by atoms with van der Waals surface area (Å²) in [6.07, 6.45) is 0.737. The third-order valence-corrected chi connectivity index (χ3v) is 1.97. The number of nitrogens with two attached hydrogens (primary N) is 1. The van der Waals surface area contributed by atoms with Crippen molar-refractivity contribution in [2.45, 2.75) is 19.4 Å². The molecule has 2 aromatic rings. The summed E-state index contributed by atoms with van der Waals surface area (Å²) >= 11 is 0. The molecular formula is C10H12N2O. The van der Waals surface area contributed by atoms with E-state index in [9.17, 15) is 0 Å². The van der Waals surface area contributed by atoms with Gasteiger partial charge in [-0.25, -0.2) is 0 Å². The summed E-state index contributed by atoms with van der Waals surface area (Å²) in [4.78, 5) is 0. The van der Waals surface area contributed by atoms with Crippen molar-refractivity contribution in [1.29, 1.82) is 0 Å². The van der Waals surface area contributed by atoms with E-state index in [1.165, 1.54) is 0 Å². The van der Waals surface area contributed by atoms with Gasteiger partial charge in [0.15, 0.2) is 0 Å². The van der Waals surface area contributed by atoms with Crippen molar-refractivity contribution in [1.82, 2.24) is 5.16 Å². The Hall–Kier alpha value is -1.35. The van der Waals surface area contributed by atoms with E-state index in [1.807, 2.05) is 31.2 Å². The standard InChI is InChI=1S/C10H12N2O/c1-7(11)6-10-8-4-2-3-5-9(8)12-13-10/h2-5,7H,6,11H2,1H3. The molecule has 2 rings (SSSR count). The zero-order valence-electron chi connectivity index (χ0n) is 7.53. The lowest BCUT2D eigenvalue weighted by atomic mass is 10.1. The molecule has 1 unspecified atom stereocenters. The molecule has 13 heavy (non-hydrogen) atoms. The van der Waals surface area contributed by atoms with Gasteiger partial charge in [0.2, 0.25) is 0 Å². The van der Waals surface area contributed by atoms with Crippen LogP contribution in [0.1, 0.15) is 12.7 Å². The van der Waals surface area contributed by atoms with Crippen molar-refractivity contribution >= 4 is 10.9 Å². The van der Waals surface area contributed by atoms with Crippen molar-refractivity contribution in [3.63, 3.8) is 0 Å². The Kier molecular flexibility index (Phi) is 2.02. The van der Waals surface area contributed by atoms with Crippen LogP contribution in [0.2, 0.25) is 0 Å². The molecule has 0 aliphatic heterocycles. The van der Waals surface area contributed by atoms with Crippen LogP contribution < -0.4 is 5.73 Å². The van der Waals surface area contributed by atoms with Gasteiger partial charge in [-0.2, -0.15) is 0 Å². The first-order valence-electron chi connectivity index (χ1n) is 4.36. The predicted molar refractivity (Wildman–Crippen MR) is 51.4 cm³/mol. The molecule has 0 aliphatic rings. The van der Waals surface area contributed by atoms with E-state index in [2.05, 4.69) is 5.16 Å². The van der Waals surface area contributed by atoms with Crippen molar-refractivity contribution in [2.24, 2.45) is 5.73 Å². The molecule has 0 fully saturated rings. The molecule has 3 nitrogen and oxygen atoms in total. The van der Waals surface area contributed by atoms with Gasteiger partial charge in [-0.3, -0.25) is 0 Å². The van der Waals surface area contributed by atoms with Crippen LogP contribution in [0, 0.1) is 0 Å². The van der Waals surface area contributed by atoms with E-state index in [0.717, 1.165) is 23.1 Å². The lowest BCUT2D eigenvalue weighted by molar-refractivity contribution is 0.384. The average Bonchev–Trinajstić information content (AvgIpc) is 2.48. The van der Waals surface area contributed by atoms with Crippen molar-refractivity contribution in [3.05, 3.63) is 30.0 Å². The molecule has 0 radical (unpaired) electrons. The molecule has 0 saturated carbocycles. The summed E-state index contributed by atoms with van der Waals surface area (Å²) in [7, 11) is 0. The number of aromatic nitrogens is 1. The third-order valence-electron chi connectivity index (χ3n) is 1.97. The second kappa shape index (κ2) is 3.18. The van der Waals surface area contributed by atoms with E-state index in [1.54, 1.807) is 0 Å². The molecular weight excluding hydrogens is 164 g/mol. The molecule has 0 spiro atoms. The molecule has 1 aromatic heterocycles. The third kappa shape index (κ3) is 1.55. The molecule has 0 saturated heterocycles. The Balaban J connectivity index is 2.46. The molecule has 0 amide bonds. The van der Waals surface area contributed by atoms with Gasteiger partial charge in [0.05, 0.1) is 0 Å². The lowest BCUT2D eigenvalue weighted by Gasteiger charge is -1.99. The molecule has 0 bridgehead atoms. The topological polar surface area (TPSA) is 52.0 Å². The van der Waals surface area contributed by atoms with Gasteiger partial charge in [-0.15, -0.1) is 0 Å². The Labute approximate surface area is 76.5 Å². The molecule has 1 atom stereocenters. The average molecular weight is 176 g/mol. The first-order chi connectivity index (χ1) is 6.27. The first kappa shape index (κ1) is 8.26. The Morgan fingerprint density at radius 3 is 3.00 bits per heavy atom. The molecule has 1 heterocycles. The van der Waals surface area contributed by atoms with Gasteiger partial charge in [-0.05, 0) is 19.1 Å². The summed E-state index contributed by atoms with van der Waals surface area (Å²) in [6, 6.07) is 7.97. The van der Waals surface area contributed by atoms with Crippen LogP contribution in [-0.2, 0) is 6.42 Å². The minimum absolute atomic E-state index is 0.108. The fourth-order valence-electron chi connectivity index (χ4n) is 1.38. The second-order valence-electron chi connectivity index (χ2n) is 3.30. The van der Waals surface area contributed by atoms with E-state index in [0.29, 0.717) is 0 Å². The van der Waals surface area contributed by atoms with Crippen molar-refractivity contribution in [3.8, 4) is 0 Å². The highest BCUT2D eigenvalue weighted by atomic mass is 16.5. The van der Waals surface area contributed by atoms with Crippen LogP contribution in [0.4, 0.5) is 0 Å². The number of hydrogen-bond acceptors (Lipinski definition) is 3. The number of benzene rings is 1. The SMILES string of the molecule is CC(N)Cc1onc2ccccc12. The summed E-state index contributed by atoms with van der Waals surface area (Å²) in [5.41, 5.74) is 6.59.